The normalized spacial score (nSPS) is 17.1. The number of nitrogens with zero attached hydrogens (tertiary/aromatic N) is 3. The Bertz CT molecular complexity index is 1230. The molecule has 0 aliphatic carbocycles. The number of rotatable bonds is 5. The van der Waals surface area contributed by atoms with Crippen molar-refractivity contribution in [3.05, 3.63) is 59.4 Å². The summed E-state index contributed by atoms with van der Waals surface area (Å²) in [5.74, 6) is -1.55. The zero-order valence-electron chi connectivity index (χ0n) is 17.3. The van der Waals surface area contributed by atoms with E-state index in [-0.39, 0.29) is 17.9 Å². The summed E-state index contributed by atoms with van der Waals surface area (Å²) in [6.45, 7) is 1.95. The van der Waals surface area contributed by atoms with Crippen LogP contribution in [0.1, 0.15) is 22.8 Å². The highest BCUT2D eigenvalue weighted by molar-refractivity contribution is 8.15. The number of halogens is 1. The number of benzene rings is 2. The molecule has 0 fully saturated rings. The number of amidine groups is 1. The first kappa shape index (κ1) is 22.3. The van der Waals surface area contributed by atoms with E-state index in [1.54, 1.807) is 42.3 Å². The van der Waals surface area contributed by atoms with Gasteiger partial charge in [0.2, 0.25) is 0 Å². The van der Waals surface area contributed by atoms with Crippen LogP contribution in [0.3, 0.4) is 0 Å². The van der Waals surface area contributed by atoms with Crippen molar-refractivity contribution in [3.8, 4) is 0 Å². The van der Waals surface area contributed by atoms with Gasteiger partial charge in [-0.1, -0.05) is 12.1 Å². The highest BCUT2D eigenvalue weighted by atomic mass is 32.2. The molecule has 11 heteroatoms. The van der Waals surface area contributed by atoms with Crippen LogP contribution in [0.4, 0.5) is 10.1 Å². The van der Waals surface area contributed by atoms with Crippen molar-refractivity contribution in [1.82, 2.24) is 4.90 Å². The topological polar surface area (TPSA) is 96.3 Å². The Morgan fingerprint density at radius 2 is 2.06 bits per heavy atom. The number of carbonyl (C=O) groups excluding carboxylic acids is 2. The highest BCUT2D eigenvalue weighted by Gasteiger charge is 2.34. The Kier molecular flexibility index (Phi) is 5.95. The number of likely N-dealkylation sites (N-methyl/N-ethyl adjacent to an activating group) is 1. The molecule has 0 unspecified atom stereocenters. The van der Waals surface area contributed by atoms with Crippen molar-refractivity contribution in [2.75, 3.05) is 24.2 Å². The Labute approximate surface area is 189 Å². The largest absolute Gasteiger partial charge is 0.449 e. The number of hydrogen-bond acceptors (Lipinski definition) is 7. The standard InChI is InChI=1S/C21H20FN3O5S2/c1-13(19(26)24(2)12-14-4-3-5-16(22)10-14)30-20(27)15-6-7-17-18(11-15)31-21-23-32(28,29)9-8-25(17)21/h3-7,10-11,13H,8-9,12H2,1-2H3/t13-/m0/s1. The number of sulfonamides is 1. The van der Waals surface area contributed by atoms with Gasteiger partial charge in [0.15, 0.2) is 11.3 Å². The molecule has 32 heavy (non-hydrogen) atoms. The second-order valence-corrected chi connectivity index (χ2v) is 10.2. The molecule has 2 aromatic rings. The van der Waals surface area contributed by atoms with Gasteiger partial charge in [0.25, 0.3) is 15.9 Å². The molecule has 0 radical (unpaired) electrons. The first-order chi connectivity index (χ1) is 15.1. The SMILES string of the molecule is C[C@H](OC(=O)c1ccc2c(c1)SC1=NS(=O)(=O)CCN12)C(=O)N(C)Cc1cccc(F)c1. The Hall–Kier alpha value is -2.92. The third-order valence-electron chi connectivity index (χ3n) is 5.03. The number of carbonyl (C=O) groups is 2. The lowest BCUT2D eigenvalue weighted by Gasteiger charge is -2.22. The van der Waals surface area contributed by atoms with Gasteiger partial charge >= 0.3 is 5.97 Å². The molecule has 1 atom stereocenters. The summed E-state index contributed by atoms with van der Waals surface area (Å²) < 4.78 is 45.9. The lowest BCUT2D eigenvalue weighted by atomic mass is 10.2. The molecule has 0 saturated carbocycles. The third kappa shape index (κ3) is 4.63. The first-order valence-electron chi connectivity index (χ1n) is 9.75. The minimum Gasteiger partial charge on any atom is -0.449 e. The van der Waals surface area contributed by atoms with Crippen LogP contribution in [0.5, 0.6) is 0 Å². The fourth-order valence-corrected chi connectivity index (χ4v) is 5.73. The van der Waals surface area contributed by atoms with Gasteiger partial charge in [-0.15, -0.1) is 4.40 Å². The van der Waals surface area contributed by atoms with Gasteiger partial charge in [-0.3, -0.25) is 4.79 Å². The van der Waals surface area contributed by atoms with Crippen molar-refractivity contribution in [2.24, 2.45) is 4.40 Å². The van der Waals surface area contributed by atoms with Crippen molar-refractivity contribution >= 4 is 44.5 Å². The molecule has 2 aromatic carbocycles. The summed E-state index contributed by atoms with van der Waals surface area (Å²) in [4.78, 5) is 29.1. The van der Waals surface area contributed by atoms with Gasteiger partial charge in [-0.2, -0.15) is 0 Å². The zero-order chi connectivity index (χ0) is 23.0. The molecule has 0 N–H and O–H groups in total. The average molecular weight is 478 g/mol. The van der Waals surface area contributed by atoms with Crippen molar-refractivity contribution in [1.29, 1.82) is 0 Å². The van der Waals surface area contributed by atoms with Crippen LogP contribution in [-0.4, -0.2) is 55.8 Å². The Balaban J connectivity index is 1.42. The Morgan fingerprint density at radius 1 is 1.28 bits per heavy atom. The van der Waals surface area contributed by atoms with E-state index < -0.39 is 33.8 Å². The summed E-state index contributed by atoms with van der Waals surface area (Å²) in [5.41, 5.74) is 1.64. The molecule has 2 heterocycles. The minimum absolute atomic E-state index is 0.0664. The van der Waals surface area contributed by atoms with E-state index in [2.05, 4.69) is 4.40 Å². The fourth-order valence-electron chi connectivity index (χ4n) is 3.43. The molecule has 2 aliphatic heterocycles. The van der Waals surface area contributed by atoms with E-state index >= 15 is 0 Å². The third-order valence-corrected chi connectivity index (χ3v) is 7.33. The van der Waals surface area contributed by atoms with Crippen LogP contribution in [-0.2, 0) is 26.1 Å². The number of anilines is 1. The van der Waals surface area contributed by atoms with Crippen molar-refractivity contribution in [3.63, 3.8) is 0 Å². The molecular formula is C21H20FN3O5S2. The van der Waals surface area contributed by atoms with E-state index in [9.17, 15) is 22.4 Å². The number of fused-ring (bicyclic) bond motifs is 3. The molecule has 8 nitrogen and oxygen atoms in total. The van der Waals surface area contributed by atoms with Crippen LogP contribution in [0, 0.1) is 5.82 Å². The number of hydrogen-bond donors (Lipinski definition) is 0. The molecular weight excluding hydrogens is 457 g/mol. The summed E-state index contributed by atoms with van der Waals surface area (Å²) in [6.07, 6.45) is -1.04. The summed E-state index contributed by atoms with van der Waals surface area (Å²) in [6, 6.07) is 10.8. The van der Waals surface area contributed by atoms with Crippen LogP contribution in [0.2, 0.25) is 0 Å². The molecule has 4 rings (SSSR count). The van der Waals surface area contributed by atoms with Crippen LogP contribution in [0.15, 0.2) is 51.8 Å². The lowest BCUT2D eigenvalue weighted by Crippen LogP contribution is -2.37. The lowest BCUT2D eigenvalue weighted by molar-refractivity contribution is -0.139. The number of esters is 1. The second-order valence-electron chi connectivity index (χ2n) is 7.47. The van der Waals surface area contributed by atoms with Crippen LogP contribution >= 0.6 is 11.8 Å². The summed E-state index contributed by atoms with van der Waals surface area (Å²) in [5, 5.41) is 0.360. The molecule has 0 bridgehead atoms. The maximum atomic E-state index is 13.4. The van der Waals surface area contributed by atoms with Crippen molar-refractivity contribution < 1.29 is 27.1 Å². The molecule has 0 aromatic heterocycles. The van der Waals surface area contributed by atoms with E-state index in [0.29, 0.717) is 22.2 Å². The van der Waals surface area contributed by atoms with Gasteiger partial charge < -0.3 is 14.5 Å². The van der Waals surface area contributed by atoms with Crippen LogP contribution < -0.4 is 4.90 Å². The Morgan fingerprint density at radius 3 is 2.81 bits per heavy atom. The van der Waals surface area contributed by atoms with E-state index in [0.717, 1.165) is 5.69 Å². The zero-order valence-corrected chi connectivity index (χ0v) is 19.0. The summed E-state index contributed by atoms with van der Waals surface area (Å²) >= 11 is 1.17. The van der Waals surface area contributed by atoms with E-state index in [4.69, 9.17) is 4.74 Å². The molecule has 168 valence electrons. The minimum atomic E-state index is -3.47. The van der Waals surface area contributed by atoms with Gasteiger partial charge in [0.05, 0.1) is 17.0 Å². The predicted octanol–water partition coefficient (Wildman–Crippen LogP) is 2.64. The van der Waals surface area contributed by atoms with Crippen molar-refractivity contribution in [2.45, 2.75) is 24.5 Å². The predicted molar refractivity (Wildman–Crippen MR) is 119 cm³/mol. The molecule has 1 amide bonds. The monoisotopic (exact) mass is 477 g/mol. The van der Waals surface area contributed by atoms with Gasteiger partial charge in [0.1, 0.15) is 5.82 Å². The molecule has 0 saturated heterocycles. The quantitative estimate of drug-likeness (QED) is 0.611. The second kappa shape index (κ2) is 8.55. The van der Waals surface area contributed by atoms with E-state index in [1.165, 1.54) is 35.7 Å². The van der Waals surface area contributed by atoms with E-state index in [1.807, 2.05) is 0 Å². The molecule has 2 aliphatic rings. The highest BCUT2D eigenvalue weighted by Crippen LogP contribution is 2.42. The smallest absolute Gasteiger partial charge is 0.338 e. The molecule has 0 spiro atoms. The number of thioether (sulfide) groups is 1. The van der Waals surface area contributed by atoms with Gasteiger partial charge in [-0.05, 0) is 54.6 Å². The van der Waals surface area contributed by atoms with Gasteiger partial charge in [0, 0.05) is 25.0 Å². The van der Waals surface area contributed by atoms with Gasteiger partial charge in [-0.25, -0.2) is 17.6 Å². The number of amides is 1. The maximum Gasteiger partial charge on any atom is 0.338 e. The number of ether oxygens (including phenoxy) is 1. The average Bonchev–Trinajstić information content (AvgIpc) is 3.08. The summed E-state index contributed by atoms with van der Waals surface area (Å²) in [7, 11) is -1.92. The maximum absolute atomic E-state index is 13.4. The van der Waals surface area contributed by atoms with Crippen LogP contribution in [0.25, 0.3) is 0 Å². The fraction of sp³-hybridized carbons (Fsp3) is 0.286. The first-order valence-corrected chi connectivity index (χ1v) is 12.2.